The van der Waals surface area contributed by atoms with Crippen molar-refractivity contribution in [3.8, 4) is 5.75 Å². The summed E-state index contributed by atoms with van der Waals surface area (Å²) in [6, 6.07) is 9.11. The molecule has 2 aromatic carbocycles. The molecule has 2 aromatic rings. The summed E-state index contributed by atoms with van der Waals surface area (Å²) in [6.45, 7) is -0.0447. The number of phenolic OH excluding ortho intramolecular Hbond substituents is 1. The molecule has 0 aliphatic rings. The lowest BCUT2D eigenvalue weighted by Crippen LogP contribution is -1.96. The van der Waals surface area contributed by atoms with Gasteiger partial charge >= 0.3 is 0 Å². The van der Waals surface area contributed by atoms with Crippen molar-refractivity contribution < 1.29 is 10.2 Å². The van der Waals surface area contributed by atoms with Gasteiger partial charge in [0.25, 0.3) is 0 Å². The first-order valence-electron chi connectivity index (χ1n) is 4.80. The van der Waals surface area contributed by atoms with Gasteiger partial charge in [0.1, 0.15) is 5.75 Å². The Morgan fingerprint density at radius 3 is 2.47 bits per heavy atom. The Bertz CT molecular complexity index is 494. The van der Waals surface area contributed by atoms with E-state index < -0.39 is 0 Å². The molecular weight excluding hydrogens is 190 g/mol. The Labute approximate surface area is 88.0 Å². The van der Waals surface area contributed by atoms with Crippen LogP contribution in [0.15, 0.2) is 30.3 Å². The second-order valence-corrected chi connectivity index (χ2v) is 3.38. The van der Waals surface area contributed by atoms with Crippen molar-refractivity contribution in [2.75, 3.05) is 12.4 Å². The van der Waals surface area contributed by atoms with Crippen LogP contribution >= 0.6 is 0 Å². The third kappa shape index (κ3) is 1.51. The van der Waals surface area contributed by atoms with Crippen LogP contribution in [0.1, 0.15) is 5.56 Å². The number of aromatic hydroxyl groups is 1. The molecule has 0 bridgehead atoms. The molecule has 0 fully saturated rings. The highest BCUT2D eigenvalue weighted by Gasteiger charge is 2.09. The lowest BCUT2D eigenvalue weighted by molar-refractivity contribution is 0.284. The van der Waals surface area contributed by atoms with E-state index in [-0.39, 0.29) is 12.4 Å². The molecule has 15 heavy (non-hydrogen) atoms. The lowest BCUT2D eigenvalue weighted by atomic mass is 10.0. The van der Waals surface area contributed by atoms with E-state index in [9.17, 15) is 10.2 Å². The van der Waals surface area contributed by atoms with Gasteiger partial charge in [-0.1, -0.05) is 24.3 Å². The Morgan fingerprint density at radius 2 is 1.87 bits per heavy atom. The maximum absolute atomic E-state index is 9.78. The molecule has 78 valence electrons. The summed E-state index contributed by atoms with van der Waals surface area (Å²) in [5, 5.41) is 23.7. The summed E-state index contributed by atoms with van der Waals surface area (Å²) < 4.78 is 0. The summed E-state index contributed by atoms with van der Waals surface area (Å²) >= 11 is 0. The number of phenols is 1. The van der Waals surface area contributed by atoms with Crippen molar-refractivity contribution in [2.24, 2.45) is 0 Å². The number of nitrogens with one attached hydrogen (secondary N) is 1. The van der Waals surface area contributed by atoms with Gasteiger partial charge in [0.05, 0.1) is 6.61 Å². The van der Waals surface area contributed by atoms with Crippen molar-refractivity contribution in [3.05, 3.63) is 35.9 Å². The molecule has 0 aliphatic carbocycles. The lowest BCUT2D eigenvalue weighted by Gasteiger charge is -2.12. The van der Waals surface area contributed by atoms with Crippen LogP contribution < -0.4 is 5.32 Å². The normalized spacial score (nSPS) is 10.5. The van der Waals surface area contributed by atoms with Gasteiger partial charge in [-0.25, -0.2) is 0 Å². The molecule has 0 atom stereocenters. The quantitative estimate of drug-likeness (QED) is 0.700. The van der Waals surface area contributed by atoms with Crippen molar-refractivity contribution in [1.82, 2.24) is 0 Å². The van der Waals surface area contributed by atoms with Crippen LogP contribution in [0.5, 0.6) is 5.75 Å². The summed E-state index contributed by atoms with van der Waals surface area (Å²) in [4.78, 5) is 0. The molecule has 0 amide bonds. The summed E-state index contributed by atoms with van der Waals surface area (Å²) in [6.07, 6.45) is 0. The van der Waals surface area contributed by atoms with Gasteiger partial charge in [-0.05, 0) is 5.39 Å². The molecule has 0 aliphatic heterocycles. The summed E-state index contributed by atoms with van der Waals surface area (Å²) in [7, 11) is 1.77. The van der Waals surface area contributed by atoms with Gasteiger partial charge in [-0.3, -0.25) is 0 Å². The SMILES string of the molecule is CNc1cc(O)c2ccccc2c1CO. The minimum Gasteiger partial charge on any atom is -0.507 e. The van der Waals surface area contributed by atoms with Crippen molar-refractivity contribution in [1.29, 1.82) is 0 Å². The highest BCUT2D eigenvalue weighted by molar-refractivity contribution is 5.94. The van der Waals surface area contributed by atoms with E-state index in [1.165, 1.54) is 0 Å². The molecule has 0 spiro atoms. The third-order valence-electron chi connectivity index (χ3n) is 2.56. The van der Waals surface area contributed by atoms with Gasteiger partial charge in [0.2, 0.25) is 0 Å². The minimum absolute atomic E-state index is 0.0447. The van der Waals surface area contributed by atoms with Crippen LogP contribution in [-0.2, 0) is 6.61 Å². The second kappa shape index (κ2) is 3.79. The van der Waals surface area contributed by atoms with E-state index in [2.05, 4.69) is 5.32 Å². The Kier molecular flexibility index (Phi) is 2.47. The molecule has 0 saturated carbocycles. The van der Waals surface area contributed by atoms with Crippen LogP contribution in [0.25, 0.3) is 10.8 Å². The number of benzene rings is 2. The Balaban J connectivity index is 2.85. The molecule has 3 heteroatoms. The Hall–Kier alpha value is -1.74. The van der Waals surface area contributed by atoms with Gasteiger partial charge in [-0.15, -0.1) is 0 Å². The van der Waals surface area contributed by atoms with E-state index in [1.54, 1.807) is 13.1 Å². The monoisotopic (exact) mass is 203 g/mol. The maximum Gasteiger partial charge on any atom is 0.125 e. The van der Waals surface area contributed by atoms with Crippen LogP contribution in [0.4, 0.5) is 5.69 Å². The van der Waals surface area contributed by atoms with E-state index in [0.717, 1.165) is 22.0 Å². The predicted molar refractivity (Wildman–Crippen MR) is 61.1 cm³/mol. The van der Waals surface area contributed by atoms with Crippen molar-refractivity contribution in [2.45, 2.75) is 6.61 Å². The maximum atomic E-state index is 9.78. The molecular formula is C12H13NO2. The number of aliphatic hydroxyl groups excluding tert-OH is 1. The topological polar surface area (TPSA) is 52.5 Å². The van der Waals surface area contributed by atoms with Crippen LogP contribution in [0, 0.1) is 0 Å². The zero-order valence-corrected chi connectivity index (χ0v) is 8.49. The molecule has 0 unspecified atom stereocenters. The zero-order valence-electron chi connectivity index (χ0n) is 8.49. The van der Waals surface area contributed by atoms with E-state index >= 15 is 0 Å². The molecule has 3 N–H and O–H groups in total. The fourth-order valence-electron chi connectivity index (χ4n) is 1.81. The van der Waals surface area contributed by atoms with Gasteiger partial charge in [0.15, 0.2) is 0 Å². The number of anilines is 1. The molecule has 0 radical (unpaired) electrons. The highest BCUT2D eigenvalue weighted by Crippen LogP contribution is 2.33. The standard InChI is InChI=1S/C12H13NO2/c1-13-11-6-12(15)9-5-3-2-4-8(9)10(11)7-14/h2-6,13-15H,7H2,1H3. The first kappa shape index (κ1) is 9.80. The molecule has 2 rings (SSSR count). The van der Waals surface area contributed by atoms with Gasteiger partial charge < -0.3 is 15.5 Å². The number of aliphatic hydroxyl groups is 1. The number of fused-ring (bicyclic) bond motifs is 1. The van der Waals surface area contributed by atoms with Crippen molar-refractivity contribution in [3.63, 3.8) is 0 Å². The van der Waals surface area contributed by atoms with E-state index in [1.807, 2.05) is 24.3 Å². The smallest absolute Gasteiger partial charge is 0.125 e. The predicted octanol–water partition coefficient (Wildman–Crippen LogP) is 2.08. The average molecular weight is 203 g/mol. The fraction of sp³-hybridized carbons (Fsp3) is 0.167. The first-order valence-corrected chi connectivity index (χ1v) is 4.80. The minimum atomic E-state index is -0.0447. The average Bonchev–Trinajstić information content (AvgIpc) is 2.29. The van der Waals surface area contributed by atoms with E-state index in [0.29, 0.717) is 0 Å². The number of hydrogen-bond donors (Lipinski definition) is 3. The summed E-state index contributed by atoms with van der Waals surface area (Å²) in [5.74, 6) is 0.229. The van der Waals surface area contributed by atoms with Gasteiger partial charge in [-0.2, -0.15) is 0 Å². The van der Waals surface area contributed by atoms with Crippen LogP contribution in [0.2, 0.25) is 0 Å². The van der Waals surface area contributed by atoms with Crippen LogP contribution in [0.3, 0.4) is 0 Å². The number of hydrogen-bond acceptors (Lipinski definition) is 3. The fourth-order valence-corrected chi connectivity index (χ4v) is 1.81. The number of rotatable bonds is 2. The molecule has 3 nitrogen and oxygen atoms in total. The molecule has 0 saturated heterocycles. The van der Waals surface area contributed by atoms with Gasteiger partial charge in [0, 0.05) is 29.8 Å². The van der Waals surface area contributed by atoms with Crippen molar-refractivity contribution >= 4 is 16.5 Å². The third-order valence-corrected chi connectivity index (χ3v) is 2.56. The second-order valence-electron chi connectivity index (χ2n) is 3.38. The summed E-state index contributed by atoms with van der Waals surface area (Å²) in [5.41, 5.74) is 1.57. The van der Waals surface area contributed by atoms with E-state index in [4.69, 9.17) is 0 Å². The molecule has 0 aromatic heterocycles. The highest BCUT2D eigenvalue weighted by atomic mass is 16.3. The first-order chi connectivity index (χ1) is 7.27. The van der Waals surface area contributed by atoms with Crippen LogP contribution in [-0.4, -0.2) is 17.3 Å². The Morgan fingerprint density at radius 1 is 1.20 bits per heavy atom. The zero-order chi connectivity index (χ0) is 10.8. The largest absolute Gasteiger partial charge is 0.507 e. The molecule has 0 heterocycles.